The maximum atomic E-state index is 13.6. The van der Waals surface area contributed by atoms with Crippen LogP contribution in [-0.4, -0.2) is 39.4 Å². The highest BCUT2D eigenvalue weighted by molar-refractivity contribution is 5.90. The Hall–Kier alpha value is -3.84. The number of aromatic amines is 1. The van der Waals surface area contributed by atoms with Crippen LogP contribution < -0.4 is 9.80 Å². The van der Waals surface area contributed by atoms with E-state index in [9.17, 15) is 31.1 Å². The zero-order valence-corrected chi connectivity index (χ0v) is 22.2. The maximum absolute atomic E-state index is 13.6. The Balaban J connectivity index is 1.85. The summed E-state index contributed by atoms with van der Waals surface area (Å²) >= 11 is 0. The number of carbonyl (C=O) groups is 1. The molecule has 2 heterocycles. The van der Waals surface area contributed by atoms with E-state index in [2.05, 4.69) is 20.6 Å². The Morgan fingerprint density at radius 3 is 2.30 bits per heavy atom. The van der Waals surface area contributed by atoms with Crippen LogP contribution in [0.15, 0.2) is 30.3 Å². The lowest BCUT2D eigenvalue weighted by Gasteiger charge is -2.33. The molecule has 14 heteroatoms. The number of benzene rings is 2. The molecule has 0 saturated heterocycles. The van der Waals surface area contributed by atoms with Crippen LogP contribution in [0.4, 0.5) is 42.8 Å². The lowest BCUT2D eigenvalue weighted by atomic mass is 9.94. The second-order valence-corrected chi connectivity index (χ2v) is 9.94. The van der Waals surface area contributed by atoms with E-state index in [0.717, 1.165) is 11.1 Å². The number of hydrogen-bond donors (Lipinski definition) is 1. The van der Waals surface area contributed by atoms with E-state index >= 15 is 0 Å². The van der Waals surface area contributed by atoms with E-state index in [1.807, 2.05) is 19.9 Å². The van der Waals surface area contributed by atoms with Crippen LogP contribution in [-0.2, 0) is 23.6 Å². The molecule has 1 amide bonds. The third-order valence-corrected chi connectivity index (χ3v) is 6.75. The number of carbonyl (C=O) groups excluding carboxylic acids is 1. The highest BCUT2D eigenvalue weighted by Crippen LogP contribution is 2.42. The maximum Gasteiger partial charge on any atom is 0.416 e. The third-order valence-electron chi connectivity index (χ3n) is 6.75. The predicted molar refractivity (Wildman–Crippen MR) is 134 cm³/mol. The van der Waals surface area contributed by atoms with Gasteiger partial charge >= 0.3 is 18.4 Å². The summed E-state index contributed by atoms with van der Waals surface area (Å²) in [5.74, 6) is -0.0154. The second kappa shape index (κ2) is 11.0. The van der Waals surface area contributed by atoms with Gasteiger partial charge in [0.05, 0.1) is 29.0 Å². The number of H-pyrrole nitrogens is 1. The fourth-order valence-electron chi connectivity index (χ4n) is 4.84. The summed E-state index contributed by atoms with van der Waals surface area (Å²) in [6.07, 6.45) is -10.1. The molecule has 216 valence electrons. The zero-order valence-electron chi connectivity index (χ0n) is 22.2. The molecule has 8 nitrogen and oxygen atoms in total. The van der Waals surface area contributed by atoms with Gasteiger partial charge < -0.3 is 9.64 Å². The number of nitrogens with zero attached hydrogens (tertiary/aromatic N) is 5. The number of fused-ring (bicyclic) bond motifs is 1. The van der Waals surface area contributed by atoms with Gasteiger partial charge in [-0.25, -0.2) is 4.79 Å². The van der Waals surface area contributed by atoms with Gasteiger partial charge in [0.2, 0.25) is 0 Å². The monoisotopic (exact) mass is 570 g/mol. The second-order valence-electron chi connectivity index (χ2n) is 9.94. The minimum atomic E-state index is -4.99. The van der Waals surface area contributed by atoms with E-state index in [1.165, 1.54) is 9.80 Å². The predicted octanol–water partition coefficient (Wildman–Crippen LogP) is 6.75. The summed E-state index contributed by atoms with van der Waals surface area (Å²) in [5.41, 5.74) is -0.188. The van der Waals surface area contributed by atoms with Crippen LogP contribution >= 0.6 is 0 Å². The highest BCUT2D eigenvalue weighted by atomic mass is 19.4. The fraction of sp³-hybridized carbons (Fsp3) is 0.462. The summed E-state index contributed by atoms with van der Waals surface area (Å²) in [6, 6.07) is 4.49. The van der Waals surface area contributed by atoms with Crippen LogP contribution in [0.1, 0.15) is 66.1 Å². The number of aromatic nitrogens is 4. The summed E-state index contributed by atoms with van der Waals surface area (Å²) in [7, 11) is 0. The van der Waals surface area contributed by atoms with Gasteiger partial charge in [-0.1, -0.05) is 17.2 Å². The first kappa shape index (κ1) is 29.2. The summed E-state index contributed by atoms with van der Waals surface area (Å²) < 4.78 is 86.9. The van der Waals surface area contributed by atoms with Gasteiger partial charge in [-0.05, 0) is 86.2 Å². The average Bonchev–Trinajstić information content (AvgIpc) is 3.31. The fourth-order valence-corrected chi connectivity index (χ4v) is 4.84. The van der Waals surface area contributed by atoms with E-state index in [-0.39, 0.29) is 30.2 Å². The first-order valence-corrected chi connectivity index (χ1v) is 12.5. The van der Waals surface area contributed by atoms with Crippen molar-refractivity contribution < 1.29 is 35.9 Å². The minimum absolute atomic E-state index is 0.0154. The van der Waals surface area contributed by atoms with E-state index in [0.29, 0.717) is 42.8 Å². The van der Waals surface area contributed by atoms with Crippen molar-refractivity contribution in [3.8, 4) is 0 Å². The van der Waals surface area contributed by atoms with Gasteiger partial charge in [0, 0.05) is 13.1 Å². The summed E-state index contributed by atoms with van der Waals surface area (Å²) in [5, 5.41) is 13.8. The molecule has 40 heavy (non-hydrogen) atoms. The first-order chi connectivity index (χ1) is 18.7. The standard InChI is InChI=1S/C26H28F6N6O2/c1-14(2)40-24(39)37-9-5-6-21(20-8-7-15(3)16(4)22(20)37)38(23-33-35-36-34-23)13-17-10-18(25(27,28)29)12-19(11-17)26(30,31)32/h7-8,10-12,14,21H,5-6,9,13H2,1-4H3,(H,33,34,35,36). The van der Waals surface area contributed by atoms with E-state index < -0.39 is 35.6 Å². The molecule has 1 aliphatic heterocycles. The molecule has 0 bridgehead atoms. The molecule has 0 saturated carbocycles. The number of rotatable bonds is 5. The van der Waals surface area contributed by atoms with Gasteiger partial charge in [0.15, 0.2) is 0 Å². The number of amides is 1. The Bertz CT molecular complexity index is 1320. The van der Waals surface area contributed by atoms with Gasteiger partial charge in [0.25, 0.3) is 5.95 Å². The molecule has 1 atom stereocenters. The average molecular weight is 571 g/mol. The molecule has 1 aromatic heterocycles. The Labute approximate surface area is 226 Å². The zero-order chi connectivity index (χ0) is 29.4. The SMILES string of the molecule is Cc1ccc2c(c1C)N(C(=O)OC(C)C)CCCC2N(Cc1cc(C(F)(F)F)cc(C(F)(F)F)c1)c1nn[nH]n1. The van der Waals surface area contributed by atoms with Crippen molar-refractivity contribution in [2.45, 2.75) is 71.6 Å². The van der Waals surface area contributed by atoms with Gasteiger partial charge in [0.1, 0.15) is 0 Å². The molecule has 1 unspecified atom stereocenters. The Morgan fingerprint density at radius 2 is 1.75 bits per heavy atom. The number of nitrogens with one attached hydrogen (secondary N) is 1. The van der Waals surface area contributed by atoms with Crippen LogP contribution in [0.3, 0.4) is 0 Å². The smallest absolute Gasteiger partial charge is 0.416 e. The number of anilines is 2. The lowest BCUT2D eigenvalue weighted by molar-refractivity contribution is -0.143. The van der Waals surface area contributed by atoms with Crippen molar-refractivity contribution in [3.63, 3.8) is 0 Å². The van der Waals surface area contributed by atoms with Crippen LogP contribution in [0, 0.1) is 13.8 Å². The van der Waals surface area contributed by atoms with Crippen molar-refractivity contribution in [1.29, 1.82) is 0 Å². The highest BCUT2D eigenvalue weighted by Gasteiger charge is 2.38. The van der Waals surface area contributed by atoms with Crippen LogP contribution in [0.5, 0.6) is 0 Å². The Kier molecular flexibility index (Phi) is 7.99. The third kappa shape index (κ3) is 6.15. The molecule has 1 aliphatic rings. The number of hydrogen-bond acceptors (Lipinski definition) is 6. The van der Waals surface area contributed by atoms with E-state index in [1.54, 1.807) is 19.9 Å². The van der Waals surface area contributed by atoms with Gasteiger partial charge in [-0.2, -0.15) is 31.6 Å². The molecular weight excluding hydrogens is 542 g/mol. The lowest BCUT2D eigenvalue weighted by Crippen LogP contribution is -2.35. The molecule has 0 aliphatic carbocycles. The molecule has 4 rings (SSSR count). The molecule has 1 N–H and O–H groups in total. The summed E-state index contributed by atoms with van der Waals surface area (Å²) in [6.45, 7) is 7.07. The van der Waals surface area contributed by atoms with Crippen molar-refractivity contribution in [2.75, 3.05) is 16.3 Å². The first-order valence-electron chi connectivity index (χ1n) is 12.5. The van der Waals surface area contributed by atoms with Gasteiger partial charge in [-0.3, -0.25) is 4.90 Å². The molecule has 0 fully saturated rings. The molecule has 0 spiro atoms. The van der Waals surface area contributed by atoms with Crippen molar-refractivity contribution in [2.24, 2.45) is 0 Å². The normalized spacial score (nSPS) is 16.1. The Morgan fingerprint density at radius 1 is 1.10 bits per heavy atom. The van der Waals surface area contributed by atoms with Crippen LogP contribution in [0.25, 0.3) is 0 Å². The van der Waals surface area contributed by atoms with Crippen molar-refractivity contribution in [1.82, 2.24) is 20.6 Å². The largest absolute Gasteiger partial charge is 0.446 e. The molecule has 0 radical (unpaired) electrons. The summed E-state index contributed by atoms with van der Waals surface area (Å²) in [4.78, 5) is 16.1. The topological polar surface area (TPSA) is 87.2 Å². The van der Waals surface area contributed by atoms with Crippen molar-refractivity contribution >= 4 is 17.7 Å². The molecule has 3 aromatic rings. The minimum Gasteiger partial charge on any atom is -0.446 e. The van der Waals surface area contributed by atoms with E-state index in [4.69, 9.17) is 4.74 Å². The van der Waals surface area contributed by atoms with Gasteiger partial charge in [-0.15, -0.1) is 5.10 Å². The van der Waals surface area contributed by atoms with Crippen molar-refractivity contribution in [3.05, 3.63) is 63.7 Å². The quantitative estimate of drug-likeness (QED) is 0.342. The number of aryl methyl sites for hydroxylation is 1. The molecular formula is C26H28F6N6O2. The van der Waals surface area contributed by atoms with Crippen LogP contribution in [0.2, 0.25) is 0 Å². The number of alkyl halides is 6. The molecule has 2 aromatic carbocycles. The number of ether oxygens (including phenoxy) is 1. The number of tetrazole rings is 1. The number of halogens is 6.